The van der Waals surface area contributed by atoms with Crippen LogP contribution in [0.4, 0.5) is 0 Å². The molecule has 0 aliphatic carbocycles. The molecule has 2 aromatic carbocycles. The van der Waals surface area contributed by atoms with Crippen LogP contribution in [-0.2, 0) is 35.4 Å². The summed E-state index contributed by atoms with van der Waals surface area (Å²) in [4.78, 5) is 58.3. The number of amides is 3. The summed E-state index contributed by atoms with van der Waals surface area (Å²) in [5, 5.41) is 5.65. The molecular weight excluding hydrogens is 546 g/mol. The lowest BCUT2D eigenvalue weighted by molar-refractivity contribution is -0.159. The SMILES string of the molecule is CC[C@H](C)[C@H](NC(=O)/C(=C/c1ccccc1)CC(=O)NOCc1ccccc1)C(=O)N[C@@H](CC(C)C)C(=O)OC(C)(C)C. The molecule has 0 aliphatic rings. The van der Waals surface area contributed by atoms with Crippen molar-refractivity contribution in [1.82, 2.24) is 16.1 Å². The Morgan fingerprint density at radius 2 is 1.49 bits per heavy atom. The van der Waals surface area contributed by atoms with E-state index in [2.05, 4.69) is 16.1 Å². The van der Waals surface area contributed by atoms with Crippen molar-refractivity contribution in [3.05, 3.63) is 77.4 Å². The van der Waals surface area contributed by atoms with E-state index in [0.717, 1.165) is 11.1 Å². The van der Waals surface area contributed by atoms with Crippen LogP contribution in [0.5, 0.6) is 0 Å². The summed E-state index contributed by atoms with van der Waals surface area (Å²) < 4.78 is 5.55. The third-order valence-corrected chi connectivity index (χ3v) is 6.55. The molecule has 234 valence electrons. The molecule has 0 aliphatic heterocycles. The third kappa shape index (κ3) is 13.2. The zero-order valence-corrected chi connectivity index (χ0v) is 26.4. The van der Waals surface area contributed by atoms with Crippen LogP contribution in [0.3, 0.4) is 0 Å². The van der Waals surface area contributed by atoms with Crippen molar-refractivity contribution >= 4 is 29.8 Å². The van der Waals surface area contributed by atoms with Gasteiger partial charge < -0.3 is 15.4 Å². The molecule has 0 saturated carbocycles. The summed E-state index contributed by atoms with van der Waals surface area (Å²) >= 11 is 0. The standard InChI is InChI=1S/C34H47N3O6/c1-8-24(4)30(32(40)35-28(19-23(2)3)33(41)43-34(5,6)7)36-31(39)27(20-25-15-11-9-12-16-25)21-29(38)37-42-22-26-17-13-10-14-18-26/h9-18,20,23-24,28,30H,8,19,21-22H2,1-7H3,(H,35,40)(H,36,39)(H,37,38)/b27-20+/t24-,28-,30-/m0/s1. The van der Waals surface area contributed by atoms with Gasteiger partial charge in [-0.15, -0.1) is 0 Å². The number of carbonyl (C=O) groups is 4. The van der Waals surface area contributed by atoms with Crippen LogP contribution in [0.2, 0.25) is 0 Å². The maximum Gasteiger partial charge on any atom is 0.329 e. The van der Waals surface area contributed by atoms with Gasteiger partial charge in [-0.2, -0.15) is 0 Å². The predicted molar refractivity (Wildman–Crippen MR) is 167 cm³/mol. The van der Waals surface area contributed by atoms with Gasteiger partial charge >= 0.3 is 5.97 Å². The van der Waals surface area contributed by atoms with Gasteiger partial charge in [-0.05, 0) is 56.2 Å². The van der Waals surface area contributed by atoms with Gasteiger partial charge in [-0.25, -0.2) is 10.3 Å². The van der Waals surface area contributed by atoms with Crippen molar-refractivity contribution in [3.8, 4) is 0 Å². The summed E-state index contributed by atoms with van der Waals surface area (Å²) in [6.07, 6.45) is 2.30. The summed E-state index contributed by atoms with van der Waals surface area (Å²) in [5.74, 6) is -2.25. The molecule has 9 heteroatoms. The highest BCUT2D eigenvalue weighted by Crippen LogP contribution is 2.17. The predicted octanol–water partition coefficient (Wildman–Crippen LogP) is 5.11. The Labute approximate surface area is 255 Å². The molecule has 0 radical (unpaired) electrons. The van der Waals surface area contributed by atoms with Gasteiger partial charge in [0.2, 0.25) is 17.7 Å². The second-order valence-electron chi connectivity index (χ2n) is 12.1. The van der Waals surface area contributed by atoms with Crippen LogP contribution in [0.15, 0.2) is 66.2 Å². The van der Waals surface area contributed by atoms with Crippen LogP contribution >= 0.6 is 0 Å². The quantitative estimate of drug-likeness (QED) is 0.150. The van der Waals surface area contributed by atoms with Crippen LogP contribution in [-0.4, -0.2) is 41.4 Å². The minimum Gasteiger partial charge on any atom is -0.458 e. The Bertz CT molecular complexity index is 1220. The van der Waals surface area contributed by atoms with Crippen LogP contribution in [0.1, 0.15) is 78.9 Å². The molecule has 0 unspecified atom stereocenters. The minimum absolute atomic E-state index is 0.109. The summed E-state index contributed by atoms with van der Waals surface area (Å²) in [7, 11) is 0. The fourth-order valence-corrected chi connectivity index (χ4v) is 4.19. The molecule has 2 rings (SSSR count). The van der Waals surface area contributed by atoms with Crippen LogP contribution in [0.25, 0.3) is 6.08 Å². The molecular formula is C34H47N3O6. The molecule has 3 amide bonds. The van der Waals surface area contributed by atoms with Crippen molar-refractivity contribution in [1.29, 1.82) is 0 Å². The molecule has 43 heavy (non-hydrogen) atoms. The van der Waals surface area contributed by atoms with Crippen molar-refractivity contribution in [3.63, 3.8) is 0 Å². The Kier molecular flexibility index (Phi) is 14.1. The van der Waals surface area contributed by atoms with Gasteiger partial charge in [0, 0.05) is 5.57 Å². The third-order valence-electron chi connectivity index (χ3n) is 6.55. The molecule has 3 N–H and O–H groups in total. The maximum atomic E-state index is 13.6. The van der Waals surface area contributed by atoms with Crippen LogP contribution in [0, 0.1) is 11.8 Å². The first-order valence-corrected chi connectivity index (χ1v) is 14.8. The number of esters is 1. The number of hydroxylamine groups is 1. The second-order valence-corrected chi connectivity index (χ2v) is 12.1. The molecule has 0 spiro atoms. The second kappa shape index (κ2) is 17.2. The Hall–Kier alpha value is -3.98. The van der Waals surface area contributed by atoms with E-state index in [1.165, 1.54) is 0 Å². The first-order chi connectivity index (χ1) is 20.3. The van der Waals surface area contributed by atoms with E-state index in [-0.39, 0.29) is 30.4 Å². The smallest absolute Gasteiger partial charge is 0.329 e. The normalized spacial score (nSPS) is 13.9. The molecule has 0 aromatic heterocycles. The summed E-state index contributed by atoms with van der Waals surface area (Å²) in [5.41, 5.74) is 3.43. The van der Waals surface area contributed by atoms with E-state index in [1.807, 2.05) is 88.4 Å². The average molecular weight is 594 g/mol. The van der Waals surface area contributed by atoms with Gasteiger partial charge in [0.05, 0.1) is 13.0 Å². The monoisotopic (exact) mass is 593 g/mol. The molecule has 0 heterocycles. The molecule has 0 fully saturated rings. The maximum absolute atomic E-state index is 13.6. The van der Waals surface area contributed by atoms with E-state index in [0.29, 0.717) is 12.8 Å². The van der Waals surface area contributed by atoms with Crippen molar-refractivity contribution < 1.29 is 28.8 Å². The van der Waals surface area contributed by atoms with Gasteiger partial charge in [-0.1, -0.05) is 94.8 Å². The number of hydrogen-bond acceptors (Lipinski definition) is 6. The van der Waals surface area contributed by atoms with E-state index in [9.17, 15) is 19.2 Å². The lowest BCUT2D eigenvalue weighted by atomic mass is 9.96. The fraction of sp³-hybridized carbons (Fsp3) is 0.471. The highest BCUT2D eigenvalue weighted by Gasteiger charge is 2.33. The average Bonchev–Trinajstić information content (AvgIpc) is 2.94. The molecule has 0 saturated heterocycles. The number of hydrogen-bond donors (Lipinski definition) is 3. The lowest BCUT2D eigenvalue weighted by Gasteiger charge is -2.29. The number of benzene rings is 2. The van der Waals surface area contributed by atoms with E-state index in [1.54, 1.807) is 26.8 Å². The first-order valence-electron chi connectivity index (χ1n) is 14.8. The van der Waals surface area contributed by atoms with Crippen molar-refractivity contribution in [2.45, 2.75) is 92.0 Å². The number of carbonyl (C=O) groups excluding carboxylic acids is 4. The molecule has 2 aromatic rings. The highest BCUT2D eigenvalue weighted by molar-refractivity contribution is 6.04. The summed E-state index contributed by atoms with van der Waals surface area (Å²) in [6, 6.07) is 16.7. The van der Waals surface area contributed by atoms with E-state index < -0.39 is 41.4 Å². The zero-order chi connectivity index (χ0) is 32.0. The van der Waals surface area contributed by atoms with Gasteiger partial charge in [0.25, 0.3) is 0 Å². The minimum atomic E-state index is -0.953. The largest absolute Gasteiger partial charge is 0.458 e. The first kappa shape index (κ1) is 35.2. The van der Waals surface area contributed by atoms with Gasteiger partial charge in [-0.3, -0.25) is 19.2 Å². The zero-order valence-electron chi connectivity index (χ0n) is 26.4. The molecule has 3 atom stereocenters. The number of nitrogens with one attached hydrogen (secondary N) is 3. The van der Waals surface area contributed by atoms with Crippen molar-refractivity contribution in [2.75, 3.05) is 0 Å². The number of rotatable bonds is 15. The molecule has 9 nitrogen and oxygen atoms in total. The Balaban J connectivity index is 2.23. The van der Waals surface area contributed by atoms with Crippen molar-refractivity contribution in [2.24, 2.45) is 11.8 Å². The van der Waals surface area contributed by atoms with Crippen LogP contribution < -0.4 is 16.1 Å². The van der Waals surface area contributed by atoms with E-state index >= 15 is 0 Å². The fourth-order valence-electron chi connectivity index (χ4n) is 4.19. The molecule has 0 bridgehead atoms. The van der Waals surface area contributed by atoms with Gasteiger partial charge in [0.1, 0.15) is 17.7 Å². The number of ether oxygens (including phenoxy) is 1. The summed E-state index contributed by atoms with van der Waals surface area (Å²) in [6.45, 7) is 13.1. The highest BCUT2D eigenvalue weighted by atomic mass is 16.6. The topological polar surface area (TPSA) is 123 Å². The lowest BCUT2D eigenvalue weighted by Crippen LogP contribution is -2.55. The van der Waals surface area contributed by atoms with Gasteiger partial charge in [0.15, 0.2) is 0 Å². The van der Waals surface area contributed by atoms with E-state index in [4.69, 9.17) is 9.57 Å². The Morgan fingerprint density at radius 1 is 0.884 bits per heavy atom. The Morgan fingerprint density at radius 3 is 2.05 bits per heavy atom.